The van der Waals surface area contributed by atoms with Crippen molar-refractivity contribution in [2.45, 2.75) is 45.2 Å². The zero-order chi connectivity index (χ0) is 21.7. The van der Waals surface area contributed by atoms with Crippen molar-refractivity contribution in [3.8, 4) is 0 Å². The molecule has 0 atom stereocenters. The molecule has 30 heavy (non-hydrogen) atoms. The van der Waals surface area contributed by atoms with E-state index >= 15 is 0 Å². The van der Waals surface area contributed by atoms with Gasteiger partial charge in [0.25, 0.3) is 0 Å². The van der Waals surface area contributed by atoms with Gasteiger partial charge in [0.1, 0.15) is 6.54 Å². The molecule has 162 valence electrons. The van der Waals surface area contributed by atoms with E-state index in [9.17, 15) is 9.59 Å². The van der Waals surface area contributed by atoms with Crippen LogP contribution >= 0.6 is 23.2 Å². The number of aryl methyl sites for hydroxylation is 1. The standard InChI is InChI=1S/C22H28Cl2N4O2/c1-3-4-13-27(14-17-7-6-12-26(17)2)20(29)15-28(16-10-11-16)22(30)25-19-9-5-8-18(23)21(19)24/h5-9,12,16H,3-4,10-11,13-15H2,1-2H3,(H,25,30). The van der Waals surface area contributed by atoms with Crippen LogP contribution in [-0.2, 0) is 18.4 Å². The number of anilines is 1. The number of amides is 3. The van der Waals surface area contributed by atoms with Crippen molar-refractivity contribution in [3.05, 3.63) is 52.3 Å². The topological polar surface area (TPSA) is 57.6 Å². The van der Waals surface area contributed by atoms with Crippen molar-refractivity contribution in [3.63, 3.8) is 0 Å². The first-order valence-corrected chi connectivity index (χ1v) is 11.1. The minimum atomic E-state index is -0.329. The largest absolute Gasteiger partial charge is 0.353 e. The molecule has 1 aliphatic carbocycles. The van der Waals surface area contributed by atoms with Gasteiger partial charge in [-0.3, -0.25) is 4.79 Å². The van der Waals surface area contributed by atoms with E-state index in [1.807, 2.05) is 34.8 Å². The average Bonchev–Trinajstić information content (AvgIpc) is 3.48. The highest BCUT2D eigenvalue weighted by molar-refractivity contribution is 6.43. The van der Waals surface area contributed by atoms with Gasteiger partial charge < -0.3 is 19.7 Å². The van der Waals surface area contributed by atoms with Gasteiger partial charge in [-0.15, -0.1) is 0 Å². The number of carbonyl (C=O) groups excluding carboxylic acids is 2. The second-order valence-electron chi connectivity index (χ2n) is 7.67. The van der Waals surface area contributed by atoms with Crippen LogP contribution in [0.2, 0.25) is 10.0 Å². The van der Waals surface area contributed by atoms with Crippen LogP contribution < -0.4 is 5.32 Å². The highest BCUT2D eigenvalue weighted by Crippen LogP contribution is 2.31. The number of aromatic nitrogens is 1. The number of rotatable bonds is 9. The molecular formula is C22H28Cl2N4O2. The van der Waals surface area contributed by atoms with Crippen LogP contribution in [0, 0.1) is 0 Å². The Morgan fingerprint density at radius 2 is 1.97 bits per heavy atom. The Labute approximate surface area is 187 Å². The number of nitrogens with zero attached hydrogens (tertiary/aromatic N) is 3. The average molecular weight is 451 g/mol. The lowest BCUT2D eigenvalue weighted by atomic mass is 10.2. The fourth-order valence-electron chi connectivity index (χ4n) is 3.28. The number of benzene rings is 1. The molecule has 1 aromatic carbocycles. The van der Waals surface area contributed by atoms with Crippen LogP contribution in [-0.4, -0.2) is 45.4 Å². The Kier molecular flexibility index (Phi) is 7.67. The SMILES string of the molecule is CCCCN(Cc1cccn1C)C(=O)CN(C(=O)Nc1cccc(Cl)c1Cl)C1CC1. The predicted octanol–water partition coefficient (Wildman–Crippen LogP) is 5.16. The summed E-state index contributed by atoms with van der Waals surface area (Å²) in [6.45, 7) is 3.34. The summed E-state index contributed by atoms with van der Waals surface area (Å²) in [6.07, 6.45) is 5.69. The molecule has 0 aliphatic heterocycles. The molecule has 2 aromatic rings. The van der Waals surface area contributed by atoms with Crippen molar-refractivity contribution < 1.29 is 9.59 Å². The van der Waals surface area contributed by atoms with Gasteiger partial charge in [0, 0.05) is 31.5 Å². The third-order valence-electron chi connectivity index (χ3n) is 5.29. The van der Waals surface area contributed by atoms with E-state index in [0.29, 0.717) is 28.8 Å². The summed E-state index contributed by atoms with van der Waals surface area (Å²) in [6, 6.07) is 8.82. The number of urea groups is 1. The van der Waals surface area contributed by atoms with Gasteiger partial charge in [0.15, 0.2) is 0 Å². The third-order valence-corrected chi connectivity index (χ3v) is 6.10. The number of halogens is 2. The maximum absolute atomic E-state index is 13.2. The smallest absolute Gasteiger partial charge is 0.322 e. The van der Waals surface area contributed by atoms with E-state index in [4.69, 9.17) is 23.2 Å². The lowest BCUT2D eigenvalue weighted by molar-refractivity contribution is -0.132. The van der Waals surface area contributed by atoms with Crippen LogP contribution in [0.5, 0.6) is 0 Å². The second kappa shape index (κ2) is 10.2. The molecule has 1 N–H and O–H groups in total. The Balaban J connectivity index is 1.70. The number of unbranched alkanes of at least 4 members (excludes halogenated alkanes) is 1. The Bertz CT molecular complexity index is 895. The minimum Gasteiger partial charge on any atom is -0.353 e. The van der Waals surface area contributed by atoms with E-state index < -0.39 is 0 Å². The van der Waals surface area contributed by atoms with Crippen LogP contribution in [0.25, 0.3) is 0 Å². The van der Waals surface area contributed by atoms with Gasteiger partial charge in [0.2, 0.25) is 5.91 Å². The molecule has 0 bridgehead atoms. The predicted molar refractivity (Wildman–Crippen MR) is 121 cm³/mol. The molecule has 1 saturated carbocycles. The number of hydrogen-bond donors (Lipinski definition) is 1. The summed E-state index contributed by atoms with van der Waals surface area (Å²) in [7, 11) is 1.97. The number of carbonyl (C=O) groups is 2. The zero-order valence-corrected chi connectivity index (χ0v) is 18.9. The molecule has 0 saturated heterocycles. The third kappa shape index (κ3) is 5.70. The van der Waals surface area contributed by atoms with Crippen LogP contribution in [0.3, 0.4) is 0 Å². The molecule has 8 heteroatoms. The summed E-state index contributed by atoms with van der Waals surface area (Å²) in [5.41, 5.74) is 1.51. The van der Waals surface area contributed by atoms with E-state index in [1.165, 1.54) is 0 Å². The first kappa shape index (κ1) is 22.5. The fraction of sp³-hybridized carbons (Fsp3) is 0.455. The molecule has 1 fully saturated rings. The Morgan fingerprint density at radius 3 is 2.60 bits per heavy atom. The van der Waals surface area contributed by atoms with Gasteiger partial charge in [-0.2, -0.15) is 0 Å². The molecule has 1 aliphatic rings. The highest BCUT2D eigenvalue weighted by Gasteiger charge is 2.35. The van der Waals surface area contributed by atoms with Gasteiger partial charge in [-0.25, -0.2) is 4.79 Å². The molecule has 0 radical (unpaired) electrons. The van der Waals surface area contributed by atoms with Crippen molar-refractivity contribution in [2.24, 2.45) is 7.05 Å². The maximum Gasteiger partial charge on any atom is 0.322 e. The molecule has 1 heterocycles. The molecule has 3 rings (SSSR count). The van der Waals surface area contributed by atoms with E-state index in [2.05, 4.69) is 12.2 Å². The summed E-state index contributed by atoms with van der Waals surface area (Å²) < 4.78 is 2.01. The summed E-state index contributed by atoms with van der Waals surface area (Å²) in [5.74, 6) is -0.0520. The van der Waals surface area contributed by atoms with E-state index in [1.54, 1.807) is 23.1 Å². The van der Waals surface area contributed by atoms with E-state index in [-0.39, 0.29) is 24.5 Å². The Morgan fingerprint density at radius 1 is 1.20 bits per heavy atom. The summed E-state index contributed by atoms with van der Waals surface area (Å²) >= 11 is 12.2. The monoisotopic (exact) mass is 450 g/mol. The molecular weight excluding hydrogens is 423 g/mol. The number of hydrogen-bond acceptors (Lipinski definition) is 2. The molecule has 3 amide bonds. The molecule has 0 spiro atoms. The quantitative estimate of drug-likeness (QED) is 0.573. The molecule has 1 aromatic heterocycles. The van der Waals surface area contributed by atoms with Gasteiger partial charge >= 0.3 is 6.03 Å². The van der Waals surface area contributed by atoms with Gasteiger partial charge in [-0.1, -0.05) is 42.6 Å². The summed E-state index contributed by atoms with van der Waals surface area (Å²) in [4.78, 5) is 29.5. The van der Waals surface area contributed by atoms with E-state index in [0.717, 1.165) is 31.4 Å². The van der Waals surface area contributed by atoms with Crippen molar-refractivity contribution in [2.75, 3.05) is 18.4 Å². The van der Waals surface area contributed by atoms with Crippen LogP contribution in [0.15, 0.2) is 36.5 Å². The normalized spacial score (nSPS) is 13.2. The fourth-order valence-corrected chi connectivity index (χ4v) is 3.63. The van der Waals surface area contributed by atoms with Gasteiger partial charge in [-0.05, 0) is 43.5 Å². The van der Waals surface area contributed by atoms with Crippen molar-refractivity contribution in [1.82, 2.24) is 14.4 Å². The lowest BCUT2D eigenvalue weighted by Gasteiger charge is -2.28. The lowest BCUT2D eigenvalue weighted by Crippen LogP contribution is -2.45. The first-order chi connectivity index (χ1) is 14.4. The molecule has 6 nitrogen and oxygen atoms in total. The van der Waals surface area contributed by atoms with Gasteiger partial charge in [0.05, 0.1) is 22.3 Å². The molecule has 0 unspecified atom stereocenters. The van der Waals surface area contributed by atoms with Crippen LogP contribution in [0.1, 0.15) is 38.3 Å². The summed E-state index contributed by atoms with van der Waals surface area (Å²) in [5, 5.41) is 3.48. The minimum absolute atomic E-state index is 0.0445. The second-order valence-corrected chi connectivity index (χ2v) is 8.46. The first-order valence-electron chi connectivity index (χ1n) is 10.3. The number of nitrogens with one attached hydrogen (secondary N) is 1. The Hall–Kier alpha value is -2.18. The maximum atomic E-state index is 13.2. The highest BCUT2D eigenvalue weighted by atomic mass is 35.5. The van der Waals surface area contributed by atoms with Crippen LogP contribution in [0.4, 0.5) is 10.5 Å². The zero-order valence-electron chi connectivity index (χ0n) is 17.4. The van der Waals surface area contributed by atoms with Crippen molar-refractivity contribution >= 4 is 40.8 Å². The van der Waals surface area contributed by atoms with Crippen molar-refractivity contribution in [1.29, 1.82) is 0 Å².